The van der Waals surface area contributed by atoms with Crippen molar-refractivity contribution in [2.75, 3.05) is 39.8 Å². The van der Waals surface area contributed by atoms with Gasteiger partial charge in [0.05, 0.1) is 11.7 Å². The highest BCUT2D eigenvalue weighted by atomic mass is 15.3. The monoisotopic (exact) mass is 265 g/mol. The molecule has 19 heavy (non-hydrogen) atoms. The van der Waals surface area contributed by atoms with Gasteiger partial charge in [-0.1, -0.05) is 0 Å². The van der Waals surface area contributed by atoms with Gasteiger partial charge in [-0.15, -0.1) is 0 Å². The van der Waals surface area contributed by atoms with Gasteiger partial charge in [0.2, 0.25) is 0 Å². The van der Waals surface area contributed by atoms with Gasteiger partial charge in [-0.2, -0.15) is 0 Å². The zero-order valence-corrected chi connectivity index (χ0v) is 12.6. The van der Waals surface area contributed by atoms with Crippen molar-refractivity contribution in [3.8, 4) is 0 Å². The van der Waals surface area contributed by atoms with E-state index >= 15 is 0 Å². The van der Waals surface area contributed by atoms with Crippen molar-refractivity contribution >= 4 is 0 Å². The Balaban J connectivity index is 2.01. The van der Waals surface area contributed by atoms with Crippen LogP contribution in [0.4, 0.5) is 0 Å². The number of rotatable bonds is 5. The Morgan fingerprint density at radius 2 is 1.89 bits per heavy atom. The predicted molar refractivity (Wildman–Crippen MR) is 78.3 cm³/mol. The Bertz CT molecular complexity index is 379. The SMILES string of the molecule is CNCC(c1cnc(C)[nH]1)N1CCN(C(C)C)CC1. The van der Waals surface area contributed by atoms with E-state index in [4.69, 9.17) is 0 Å². The molecule has 5 nitrogen and oxygen atoms in total. The van der Waals surface area contributed by atoms with E-state index in [1.807, 2.05) is 20.2 Å². The lowest BCUT2D eigenvalue weighted by molar-refractivity contribution is 0.0768. The minimum Gasteiger partial charge on any atom is -0.345 e. The van der Waals surface area contributed by atoms with Crippen molar-refractivity contribution in [3.05, 3.63) is 17.7 Å². The fraction of sp³-hybridized carbons (Fsp3) is 0.786. The molecule has 1 aliphatic heterocycles. The second-order valence-electron chi connectivity index (χ2n) is 5.66. The molecule has 0 spiro atoms. The normalized spacial score (nSPS) is 20.1. The number of likely N-dealkylation sites (N-methyl/N-ethyl adjacent to an activating group) is 1. The van der Waals surface area contributed by atoms with Gasteiger partial charge in [-0.05, 0) is 27.8 Å². The van der Waals surface area contributed by atoms with Crippen molar-refractivity contribution < 1.29 is 0 Å². The van der Waals surface area contributed by atoms with Crippen LogP contribution < -0.4 is 5.32 Å². The van der Waals surface area contributed by atoms with Crippen molar-refractivity contribution in [1.29, 1.82) is 0 Å². The van der Waals surface area contributed by atoms with Crippen LogP contribution in [0.2, 0.25) is 0 Å². The van der Waals surface area contributed by atoms with Crippen molar-refractivity contribution in [3.63, 3.8) is 0 Å². The van der Waals surface area contributed by atoms with E-state index in [0.29, 0.717) is 12.1 Å². The lowest BCUT2D eigenvalue weighted by Crippen LogP contribution is -2.51. The largest absolute Gasteiger partial charge is 0.345 e. The van der Waals surface area contributed by atoms with E-state index in [1.54, 1.807) is 0 Å². The highest BCUT2D eigenvalue weighted by Crippen LogP contribution is 2.20. The smallest absolute Gasteiger partial charge is 0.103 e. The summed E-state index contributed by atoms with van der Waals surface area (Å²) < 4.78 is 0. The molecule has 5 heteroatoms. The maximum Gasteiger partial charge on any atom is 0.103 e. The summed E-state index contributed by atoms with van der Waals surface area (Å²) in [6.07, 6.45) is 1.98. The zero-order chi connectivity index (χ0) is 13.8. The molecule has 2 rings (SSSR count). The number of aryl methyl sites for hydroxylation is 1. The third-order valence-electron chi connectivity index (χ3n) is 4.00. The van der Waals surface area contributed by atoms with Gasteiger partial charge >= 0.3 is 0 Å². The number of aromatic amines is 1. The van der Waals surface area contributed by atoms with Crippen LogP contribution in [0, 0.1) is 6.92 Å². The quantitative estimate of drug-likeness (QED) is 0.834. The summed E-state index contributed by atoms with van der Waals surface area (Å²) in [4.78, 5) is 12.8. The van der Waals surface area contributed by atoms with Gasteiger partial charge in [0.25, 0.3) is 0 Å². The number of nitrogens with one attached hydrogen (secondary N) is 2. The Hall–Kier alpha value is -0.910. The van der Waals surface area contributed by atoms with Gasteiger partial charge in [0.1, 0.15) is 5.82 Å². The first-order valence-electron chi connectivity index (χ1n) is 7.26. The molecule has 1 aliphatic rings. The molecule has 1 saturated heterocycles. The summed E-state index contributed by atoms with van der Waals surface area (Å²) in [7, 11) is 2.01. The number of imidazole rings is 1. The summed E-state index contributed by atoms with van der Waals surface area (Å²) in [5.41, 5.74) is 1.23. The van der Waals surface area contributed by atoms with E-state index < -0.39 is 0 Å². The number of hydrogen-bond acceptors (Lipinski definition) is 4. The first-order valence-corrected chi connectivity index (χ1v) is 7.26. The maximum atomic E-state index is 4.34. The highest BCUT2D eigenvalue weighted by molar-refractivity contribution is 5.07. The van der Waals surface area contributed by atoms with Crippen molar-refractivity contribution in [2.45, 2.75) is 32.9 Å². The fourth-order valence-corrected chi connectivity index (χ4v) is 2.80. The van der Waals surface area contributed by atoms with Gasteiger partial charge < -0.3 is 10.3 Å². The van der Waals surface area contributed by atoms with Crippen LogP contribution in [0.25, 0.3) is 0 Å². The van der Waals surface area contributed by atoms with Gasteiger partial charge in [-0.3, -0.25) is 9.80 Å². The molecule has 0 amide bonds. The first-order chi connectivity index (χ1) is 9.11. The molecule has 0 saturated carbocycles. The molecule has 1 atom stereocenters. The number of nitrogens with zero attached hydrogens (tertiary/aromatic N) is 3. The summed E-state index contributed by atoms with van der Waals surface area (Å²) >= 11 is 0. The molecule has 2 heterocycles. The Labute approximate surface area is 116 Å². The predicted octanol–water partition coefficient (Wildman–Crippen LogP) is 1.00. The number of H-pyrrole nitrogens is 1. The Morgan fingerprint density at radius 3 is 2.37 bits per heavy atom. The molecule has 0 bridgehead atoms. The van der Waals surface area contributed by atoms with Crippen LogP contribution in [0.5, 0.6) is 0 Å². The third kappa shape index (κ3) is 3.55. The second kappa shape index (κ2) is 6.50. The van der Waals surface area contributed by atoms with Crippen LogP contribution in [0.1, 0.15) is 31.4 Å². The standard InChI is InChI=1S/C14H27N5/c1-11(2)18-5-7-19(8-6-18)14(10-15-4)13-9-16-12(3)17-13/h9,11,14-15H,5-8,10H2,1-4H3,(H,16,17). The van der Waals surface area contributed by atoms with E-state index in [1.165, 1.54) is 5.69 Å². The average Bonchev–Trinajstić information content (AvgIpc) is 2.82. The average molecular weight is 265 g/mol. The molecular formula is C14H27N5. The summed E-state index contributed by atoms with van der Waals surface area (Å²) in [5, 5.41) is 3.30. The fourth-order valence-electron chi connectivity index (χ4n) is 2.80. The molecule has 1 aromatic heterocycles. The van der Waals surface area contributed by atoms with Crippen LogP contribution in [0.15, 0.2) is 6.20 Å². The minimum atomic E-state index is 0.403. The van der Waals surface area contributed by atoms with E-state index in [-0.39, 0.29) is 0 Å². The summed E-state index contributed by atoms with van der Waals surface area (Å²) in [6, 6.07) is 1.06. The summed E-state index contributed by atoms with van der Waals surface area (Å²) in [6.45, 7) is 12.1. The molecule has 108 valence electrons. The minimum absolute atomic E-state index is 0.403. The van der Waals surface area contributed by atoms with Crippen molar-refractivity contribution in [2.24, 2.45) is 0 Å². The van der Waals surface area contributed by atoms with Crippen LogP contribution in [-0.2, 0) is 0 Å². The molecule has 1 fully saturated rings. The van der Waals surface area contributed by atoms with E-state index in [0.717, 1.165) is 38.5 Å². The van der Waals surface area contributed by atoms with E-state index in [9.17, 15) is 0 Å². The molecule has 0 radical (unpaired) electrons. The third-order valence-corrected chi connectivity index (χ3v) is 4.00. The molecule has 2 N–H and O–H groups in total. The van der Waals surface area contributed by atoms with Gasteiger partial charge in [0, 0.05) is 45.0 Å². The van der Waals surface area contributed by atoms with Crippen LogP contribution in [-0.4, -0.2) is 65.6 Å². The van der Waals surface area contributed by atoms with Crippen LogP contribution in [0.3, 0.4) is 0 Å². The van der Waals surface area contributed by atoms with E-state index in [2.05, 4.69) is 38.9 Å². The highest BCUT2D eigenvalue weighted by Gasteiger charge is 2.26. The second-order valence-corrected chi connectivity index (χ2v) is 5.66. The Morgan fingerprint density at radius 1 is 1.26 bits per heavy atom. The maximum absolute atomic E-state index is 4.34. The molecule has 1 unspecified atom stereocenters. The number of aromatic nitrogens is 2. The number of piperazine rings is 1. The lowest BCUT2D eigenvalue weighted by Gasteiger charge is -2.40. The molecule has 1 aromatic rings. The zero-order valence-electron chi connectivity index (χ0n) is 12.6. The van der Waals surface area contributed by atoms with Crippen LogP contribution >= 0.6 is 0 Å². The van der Waals surface area contributed by atoms with Crippen molar-refractivity contribution in [1.82, 2.24) is 25.1 Å². The van der Waals surface area contributed by atoms with Gasteiger partial charge in [-0.25, -0.2) is 4.98 Å². The van der Waals surface area contributed by atoms with Gasteiger partial charge in [0.15, 0.2) is 0 Å². The molecule has 0 aromatic carbocycles. The number of hydrogen-bond donors (Lipinski definition) is 2. The topological polar surface area (TPSA) is 47.2 Å². The Kier molecular flexibility index (Phi) is 4.96. The molecular weight excluding hydrogens is 238 g/mol. The first kappa shape index (κ1) is 14.5. The lowest BCUT2D eigenvalue weighted by atomic mass is 10.1. The molecule has 0 aliphatic carbocycles. The summed E-state index contributed by atoms with van der Waals surface area (Å²) in [5.74, 6) is 0.997.